The summed E-state index contributed by atoms with van der Waals surface area (Å²) >= 11 is 0. The molecule has 0 saturated carbocycles. The Morgan fingerprint density at radius 3 is 2.78 bits per heavy atom. The Labute approximate surface area is 191 Å². The molecule has 2 aliphatic rings. The van der Waals surface area contributed by atoms with Crippen LogP contribution in [0.1, 0.15) is 52.9 Å². The van der Waals surface area contributed by atoms with E-state index < -0.39 is 5.82 Å². The molecule has 0 aromatic carbocycles. The Hall–Kier alpha value is -1.61. The Bertz CT molecular complexity index is 740. The van der Waals surface area contributed by atoms with Crippen LogP contribution in [0.15, 0.2) is 18.3 Å². The third kappa shape index (κ3) is 6.94. The highest BCUT2D eigenvalue weighted by atomic mass is 19.1. The van der Waals surface area contributed by atoms with Gasteiger partial charge < -0.3 is 14.8 Å². The van der Waals surface area contributed by atoms with E-state index in [1.807, 2.05) is 6.92 Å². The van der Waals surface area contributed by atoms with Crippen molar-refractivity contribution < 1.29 is 18.7 Å². The lowest BCUT2D eigenvalue weighted by atomic mass is 9.76. The summed E-state index contributed by atoms with van der Waals surface area (Å²) < 4.78 is 25.3. The Morgan fingerprint density at radius 1 is 1.31 bits per heavy atom. The van der Waals surface area contributed by atoms with Gasteiger partial charge in [0.15, 0.2) is 11.6 Å². The Balaban J connectivity index is 1.56. The molecule has 1 aromatic rings. The van der Waals surface area contributed by atoms with Crippen LogP contribution in [-0.2, 0) is 14.3 Å². The summed E-state index contributed by atoms with van der Waals surface area (Å²) in [6.07, 6.45) is 5.44. The number of piperazine rings is 1. The standard InChI is InChI=1S/C24H39FN4O3/c1-4-31-18-16-28-12-14-29(15-13-28)24(10-17-32-23(2,3)19-24)9-5-8-21(30)27-22-20(25)7-6-11-26-22/h6-7,11H,4-5,8-10,12-19H2,1-3H3,(H,26,27,30). The van der Waals surface area contributed by atoms with E-state index >= 15 is 0 Å². The number of amides is 1. The highest BCUT2D eigenvalue weighted by molar-refractivity contribution is 5.89. The summed E-state index contributed by atoms with van der Waals surface area (Å²) in [5, 5.41) is 2.60. The van der Waals surface area contributed by atoms with E-state index in [1.54, 1.807) is 0 Å². The van der Waals surface area contributed by atoms with Crippen LogP contribution in [0.2, 0.25) is 0 Å². The number of hydrogen-bond donors (Lipinski definition) is 1. The maximum absolute atomic E-state index is 13.8. The van der Waals surface area contributed by atoms with E-state index in [4.69, 9.17) is 9.47 Å². The number of halogens is 1. The lowest BCUT2D eigenvalue weighted by Crippen LogP contribution is -2.61. The molecule has 0 radical (unpaired) electrons. The van der Waals surface area contributed by atoms with Crippen LogP contribution in [0.4, 0.5) is 10.2 Å². The van der Waals surface area contributed by atoms with Crippen LogP contribution in [0, 0.1) is 5.82 Å². The van der Waals surface area contributed by atoms with Gasteiger partial charge in [-0.3, -0.25) is 14.6 Å². The van der Waals surface area contributed by atoms with Gasteiger partial charge in [0.2, 0.25) is 5.91 Å². The van der Waals surface area contributed by atoms with Gasteiger partial charge in [0, 0.05) is 64.1 Å². The van der Waals surface area contributed by atoms with E-state index in [1.165, 1.54) is 18.3 Å². The first-order chi connectivity index (χ1) is 15.3. The molecule has 0 bridgehead atoms. The van der Waals surface area contributed by atoms with Gasteiger partial charge in [0.25, 0.3) is 0 Å². The lowest BCUT2D eigenvalue weighted by Gasteiger charge is -2.53. The van der Waals surface area contributed by atoms with Crippen molar-refractivity contribution in [2.45, 2.75) is 64.0 Å². The molecule has 2 saturated heterocycles. The zero-order valence-corrected chi connectivity index (χ0v) is 19.9. The van der Waals surface area contributed by atoms with Crippen LogP contribution >= 0.6 is 0 Å². The topological polar surface area (TPSA) is 66.9 Å². The van der Waals surface area contributed by atoms with Crippen molar-refractivity contribution in [3.8, 4) is 0 Å². The Kier molecular flexibility index (Phi) is 8.99. The molecule has 3 heterocycles. The minimum Gasteiger partial charge on any atom is -0.380 e. The maximum Gasteiger partial charge on any atom is 0.225 e. The summed E-state index contributed by atoms with van der Waals surface area (Å²) in [7, 11) is 0. The van der Waals surface area contributed by atoms with Gasteiger partial charge in [-0.1, -0.05) is 0 Å². The van der Waals surface area contributed by atoms with E-state index in [0.29, 0.717) is 6.42 Å². The van der Waals surface area contributed by atoms with Crippen molar-refractivity contribution in [3.63, 3.8) is 0 Å². The number of pyridine rings is 1. The van der Waals surface area contributed by atoms with Gasteiger partial charge in [-0.25, -0.2) is 9.37 Å². The first-order valence-electron chi connectivity index (χ1n) is 11.9. The molecule has 1 unspecified atom stereocenters. The molecule has 1 aromatic heterocycles. The monoisotopic (exact) mass is 450 g/mol. The van der Waals surface area contributed by atoms with E-state index in [0.717, 1.165) is 78.2 Å². The zero-order valence-electron chi connectivity index (χ0n) is 19.9. The molecular formula is C24H39FN4O3. The van der Waals surface area contributed by atoms with Gasteiger partial charge in [0.1, 0.15) is 0 Å². The van der Waals surface area contributed by atoms with Crippen LogP contribution in [0.3, 0.4) is 0 Å². The largest absolute Gasteiger partial charge is 0.380 e. The quantitative estimate of drug-likeness (QED) is 0.552. The van der Waals surface area contributed by atoms with Gasteiger partial charge in [-0.05, 0) is 58.6 Å². The molecular weight excluding hydrogens is 411 g/mol. The van der Waals surface area contributed by atoms with Gasteiger partial charge in [0.05, 0.1) is 12.2 Å². The molecule has 2 fully saturated rings. The summed E-state index contributed by atoms with van der Waals surface area (Å²) in [5.41, 5.74) is -0.145. The molecule has 2 aliphatic heterocycles. The first kappa shape index (κ1) is 25.0. The van der Waals surface area contributed by atoms with Crippen LogP contribution in [0.25, 0.3) is 0 Å². The molecule has 8 heteroatoms. The smallest absolute Gasteiger partial charge is 0.225 e. The second-order valence-electron chi connectivity index (χ2n) is 9.52. The number of anilines is 1. The number of hydrogen-bond acceptors (Lipinski definition) is 6. The number of aromatic nitrogens is 1. The fourth-order valence-electron chi connectivity index (χ4n) is 5.12. The molecule has 7 nitrogen and oxygen atoms in total. The second-order valence-corrected chi connectivity index (χ2v) is 9.52. The van der Waals surface area contributed by atoms with Crippen molar-refractivity contribution in [1.29, 1.82) is 0 Å². The average molecular weight is 451 g/mol. The molecule has 0 spiro atoms. The summed E-state index contributed by atoms with van der Waals surface area (Å²) in [6, 6.07) is 2.81. The lowest BCUT2D eigenvalue weighted by molar-refractivity contribution is -0.131. The van der Waals surface area contributed by atoms with Gasteiger partial charge in [-0.15, -0.1) is 0 Å². The maximum atomic E-state index is 13.8. The molecule has 1 amide bonds. The number of rotatable bonds is 10. The van der Waals surface area contributed by atoms with Crippen LogP contribution in [-0.4, -0.2) is 84.4 Å². The number of nitrogens with zero attached hydrogens (tertiary/aromatic N) is 3. The molecule has 0 aliphatic carbocycles. The normalized spacial score (nSPS) is 24.4. The molecule has 1 N–H and O–H groups in total. The minimum atomic E-state index is -0.509. The van der Waals surface area contributed by atoms with Crippen molar-refractivity contribution in [2.75, 3.05) is 57.9 Å². The second kappa shape index (κ2) is 11.5. The molecule has 3 rings (SSSR count). The first-order valence-corrected chi connectivity index (χ1v) is 11.9. The SMILES string of the molecule is CCOCCN1CCN(C2(CCCC(=O)Nc3ncccc3F)CCOC(C)(C)C2)CC1. The highest BCUT2D eigenvalue weighted by Crippen LogP contribution is 2.40. The summed E-state index contributed by atoms with van der Waals surface area (Å²) in [5.74, 6) is -0.696. The number of nitrogens with one attached hydrogen (secondary N) is 1. The van der Waals surface area contributed by atoms with E-state index in [2.05, 4.69) is 33.9 Å². The number of carbonyl (C=O) groups excluding carboxylic acids is 1. The number of ether oxygens (including phenoxy) is 2. The average Bonchev–Trinajstić information content (AvgIpc) is 2.75. The highest BCUT2D eigenvalue weighted by Gasteiger charge is 2.45. The Morgan fingerprint density at radius 2 is 2.09 bits per heavy atom. The summed E-state index contributed by atoms with van der Waals surface area (Å²) in [4.78, 5) is 21.4. The predicted molar refractivity (Wildman–Crippen MR) is 123 cm³/mol. The molecule has 32 heavy (non-hydrogen) atoms. The van der Waals surface area contributed by atoms with E-state index in [-0.39, 0.29) is 22.9 Å². The van der Waals surface area contributed by atoms with Crippen molar-refractivity contribution in [2.24, 2.45) is 0 Å². The van der Waals surface area contributed by atoms with Crippen molar-refractivity contribution in [3.05, 3.63) is 24.1 Å². The van der Waals surface area contributed by atoms with Gasteiger partial charge >= 0.3 is 0 Å². The van der Waals surface area contributed by atoms with Crippen LogP contribution < -0.4 is 5.32 Å². The molecule has 1 atom stereocenters. The van der Waals surface area contributed by atoms with Gasteiger partial charge in [-0.2, -0.15) is 0 Å². The third-order valence-electron chi connectivity index (χ3n) is 6.68. The van der Waals surface area contributed by atoms with Crippen molar-refractivity contribution in [1.82, 2.24) is 14.8 Å². The third-order valence-corrected chi connectivity index (χ3v) is 6.68. The van der Waals surface area contributed by atoms with Crippen molar-refractivity contribution >= 4 is 11.7 Å². The minimum absolute atomic E-state index is 0.00240. The van der Waals surface area contributed by atoms with E-state index in [9.17, 15) is 9.18 Å². The number of carbonyl (C=O) groups is 1. The summed E-state index contributed by atoms with van der Waals surface area (Å²) in [6.45, 7) is 13.7. The predicted octanol–water partition coefficient (Wildman–Crippen LogP) is 3.31. The fraction of sp³-hybridized carbons (Fsp3) is 0.750. The fourth-order valence-corrected chi connectivity index (χ4v) is 5.12. The zero-order chi connectivity index (χ0) is 23.0. The van der Waals surface area contributed by atoms with Crippen LogP contribution in [0.5, 0.6) is 0 Å². The molecule has 180 valence electrons.